The van der Waals surface area contributed by atoms with E-state index in [2.05, 4.69) is 10.2 Å². The van der Waals surface area contributed by atoms with E-state index in [4.69, 9.17) is 11.6 Å². The van der Waals surface area contributed by atoms with Crippen molar-refractivity contribution in [2.75, 3.05) is 25.0 Å². The molecule has 140 valence electrons. The Labute approximate surface area is 159 Å². The van der Waals surface area contributed by atoms with Gasteiger partial charge in [0.1, 0.15) is 0 Å². The van der Waals surface area contributed by atoms with Crippen LogP contribution in [-0.4, -0.2) is 47.4 Å². The molecule has 26 heavy (non-hydrogen) atoms. The van der Waals surface area contributed by atoms with Gasteiger partial charge in [0.2, 0.25) is 5.91 Å². The first-order chi connectivity index (χ1) is 12.5. The minimum atomic E-state index is -0.0705. The Balaban J connectivity index is 1.43. The third-order valence-electron chi connectivity index (χ3n) is 6.05. The molecular formula is C20H26ClN3O2. The van der Waals surface area contributed by atoms with Crippen molar-refractivity contribution in [3.05, 3.63) is 28.8 Å². The molecule has 3 amide bonds. The summed E-state index contributed by atoms with van der Waals surface area (Å²) in [5.41, 5.74) is 1.79. The lowest BCUT2D eigenvalue weighted by Crippen LogP contribution is -2.56. The minimum Gasteiger partial charge on any atom is -0.339 e. The molecule has 0 aromatic heterocycles. The van der Waals surface area contributed by atoms with Crippen molar-refractivity contribution in [2.45, 2.75) is 51.5 Å². The zero-order chi connectivity index (χ0) is 18.3. The van der Waals surface area contributed by atoms with E-state index in [0.717, 1.165) is 63.0 Å². The van der Waals surface area contributed by atoms with Gasteiger partial charge in [-0.2, -0.15) is 0 Å². The molecule has 1 spiro atoms. The summed E-state index contributed by atoms with van der Waals surface area (Å²) in [6, 6.07) is 5.98. The van der Waals surface area contributed by atoms with E-state index in [1.54, 1.807) is 6.07 Å². The van der Waals surface area contributed by atoms with Gasteiger partial charge in [-0.05, 0) is 56.7 Å². The van der Waals surface area contributed by atoms with Gasteiger partial charge in [-0.25, -0.2) is 4.79 Å². The smallest absolute Gasteiger partial charge is 0.321 e. The molecule has 0 radical (unpaired) electrons. The summed E-state index contributed by atoms with van der Waals surface area (Å²) in [4.78, 5) is 29.0. The molecule has 3 aliphatic rings. The summed E-state index contributed by atoms with van der Waals surface area (Å²) in [6.07, 6.45) is 5.90. The number of carbonyl (C=O) groups excluding carboxylic acids is 2. The second-order valence-corrected chi connectivity index (χ2v) is 8.58. The maximum atomic E-state index is 12.8. The van der Waals surface area contributed by atoms with Crippen molar-refractivity contribution in [3.8, 4) is 0 Å². The van der Waals surface area contributed by atoms with Gasteiger partial charge in [0, 0.05) is 48.2 Å². The number of halogens is 1. The Morgan fingerprint density at radius 3 is 2.81 bits per heavy atom. The molecule has 1 aliphatic carbocycles. The van der Waals surface area contributed by atoms with Crippen molar-refractivity contribution >= 4 is 29.2 Å². The summed E-state index contributed by atoms with van der Waals surface area (Å²) in [5, 5.41) is 3.64. The number of aryl methyl sites for hydroxylation is 1. The molecule has 0 bridgehead atoms. The topological polar surface area (TPSA) is 52.7 Å². The lowest BCUT2D eigenvalue weighted by molar-refractivity contribution is -0.139. The number of urea groups is 1. The lowest BCUT2D eigenvalue weighted by Gasteiger charge is -2.48. The van der Waals surface area contributed by atoms with Crippen LogP contribution in [0.1, 0.15) is 44.1 Å². The second kappa shape index (κ2) is 6.76. The fraction of sp³-hybridized carbons (Fsp3) is 0.600. The van der Waals surface area contributed by atoms with Crippen LogP contribution in [0.5, 0.6) is 0 Å². The molecule has 2 saturated heterocycles. The van der Waals surface area contributed by atoms with Gasteiger partial charge >= 0.3 is 6.03 Å². The molecule has 1 aromatic carbocycles. The summed E-state index contributed by atoms with van der Waals surface area (Å²) in [7, 11) is 0. The standard InChI is InChI=1S/C20H26ClN3O2/c1-14-3-4-15(11-17(14)21)22-19(26)23-10-2-8-20(12-23)9-7-18(25)24(13-20)16-5-6-16/h3-4,11,16H,2,5-10,12-13H2,1H3,(H,22,26)/t20-/m1/s1. The quantitative estimate of drug-likeness (QED) is 0.847. The zero-order valence-corrected chi connectivity index (χ0v) is 16.0. The summed E-state index contributed by atoms with van der Waals surface area (Å²) >= 11 is 6.16. The van der Waals surface area contributed by atoms with Crippen molar-refractivity contribution in [3.63, 3.8) is 0 Å². The van der Waals surface area contributed by atoms with Crippen LogP contribution in [0.3, 0.4) is 0 Å². The van der Waals surface area contributed by atoms with E-state index >= 15 is 0 Å². The van der Waals surface area contributed by atoms with E-state index in [-0.39, 0.29) is 11.4 Å². The van der Waals surface area contributed by atoms with Crippen LogP contribution in [0.15, 0.2) is 18.2 Å². The number of anilines is 1. The Bertz CT molecular complexity index is 734. The molecule has 6 heteroatoms. The number of rotatable bonds is 2. The first kappa shape index (κ1) is 17.7. The van der Waals surface area contributed by atoms with Gasteiger partial charge in [-0.1, -0.05) is 17.7 Å². The Hall–Kier alpha value is -1.75. The minimum absolute atomic E-state index is 0.0665. The lowest BCUT2D eigenvalue weighted by atomic mass is 9.73. The number of likely N-dealkylation sites (tertiary alicyclic amines) is 2. The summed E-state index contributed by atoms with van der Waals surface area (Å²) in [5.74, 6) is 0.300. The first-order valence-corrected chi connectivity index (χ1v) is 9.95. The maximum absolute atomic E-state index is 12.8. The molecule has 1 atom stereocenters. The molecular weight excluding hydrogens is 350 g/mol. The third-order valence-corrected chi connectivity index (χ3v) is 6.46. The van der Waals surface area contributed by atoms with Crippen LogP contribution >= 0.6 is 11.6 Å². The highest BCUT2D eigenvalue weighted by atomic mass is 35.5. The van der Waals surface area contributed by atoms with Gasteiger partial charge in [-0.3, -0.25) is 4.79 Å². The van der Waals surface area contributed by atoms with Crippen molar-refractivity contribution in [2.24, 2.45) is 5.41 Å². The van der Waals surface area contributed by atoms with Gasteiger partial charge in [-0.15, -0.1) is 0 Å². The number of hydrogen-bond donors (Lipinski definition) is 1. The predicted molar refractivity (Wildman–Crippen MR) is 102 cm³/mol. The fourth-order valence-electron chi connectivity index (χ4n) is 4.35. The van der Waals surface area contributed by atoms with Gasteiger partial charge in [0.05, 0.1) is 0 Å². The number of hydrogen-bond acceptors (Lipinski definition) is 2. The maximum Gasteiger partial charge on any atom is 0.321 e. The molecule has 1 aromatic rings. The number of nitrogens with one attached hydrogen (secondary N) is 1. The van der Waals surface area contributed by atoms with E-state index in [9.17, 15) is 9.59 Å². The molecule has 3 fully saturated rings. The van der Waals surface area contributed by atoms with Gasteiger partial charge < -0.3 is 15.1 Å². The monoisotopic (exact) mass is 375 g/mol. The zero-order valence-electron chi connectivity index (χ0n) is 15.3. The molecule has 0 unspecified atom stereocenters. The normalized spacial score (nSPS) is 26.3. The highest BCUT2D eigenvalue weighted by Gasteiger charge is 2.46. The highest BCUT2D eigenvalue weighted by molar-refractivity contribution is 6.31. The van der Waals surface area contributed by atoms with Crippen molar-refractivity contribution < 1.29 is 9.59 Å². The number of carbonyl (C=O) groups is 2. The van der Waals surface area contributed by atoms with Crippen LogP contribution in [0.2, 0.25) is 5.02 Å². The number of benzene rings is 1. The van der Waals surface area contributed by atoms with Crippen LogP contribution < -0.4 is 5.32 Å². The van der Waals surface area contributed by atoms with Crippen LogP contribution in [0, 0.1) is 12.3 Å². The molecule has 1 N–H and O–H groups in total. The molecule has 4 rings (SSSR count). The fourth-order valence-corrected chi connectivity index (χ4v) is 4.53. The molecule has 5 nitrogen and oxygen atoms in total. The predicted octanol–water partition coefficient (Wildman–Crippen LogP) is 4.05. The number of amides is 3. The van der Waals surface area contributed by atoms with Crippen molar-refractivity contribution in [1.82, 2.24) is 9.80 Å². The van der Waals surface area contributed by atoms with Crippen LogP contribution in [0.4, 0.5) is 10.5 Å². The van der Waals surface area contributed by atoms with E-state index in [0.29, 0.717) is 23.4 Å². The average molecular weight is 376 g/mol. The van der Waals surface area contributed by atoms with Crippen LogP contribution in [-0.2, 0) is 4.79 Å². The highest BCUT2D eigenvalue weighted by Crippen LogP contribution is 2.42. The van der Waals surface area contributed by atoms with Crippen molar-refractivity contribution in [1.29, 1.82) is 0 Å². The average Bonchev–Trinajstić information content (AvgIpc) is 3.46. The molecule has 1 saturated carbocycles. The largest absolute Gasteiger partial charge is 0.339 e. The summed E-state index contributed by atoms with van der Waals surface area (Å²) in [6.45, 7) is 4.26. The summed E-state index contributed by atoms with van der Waals surface area (Å²) < 4.78 is 0. The van der Waals surface area contributed by atoms with Gasteiger partial charge in [0.15, 0.2) is 0 Å². The number of piperidine rings is 2. The third kappa shape index (κ3) is 3.54. The van der Waals surface area contributed by atoms with Gasteiger partial charge in [0.25, 0.3) is 0 Å². The Morgan fingerprint density at radius 2 is 2.08 bits per heavy atom. The van der Waals surface area contributed by atoms with Crippen LogP contribution in [0.25, 0.3) is 0 Å². The Morgan fingerprint density at radius 1 is 1.27 bits per heavy atom. The molecule has 2 heterocycles. The van der Waals surface area contributed by atoms with E-state index in [1.807, 2.05) is 24.0 Å². The van der Waals surface area contributed by atoms with E-state index in [1.165, 1.54) is 0 Å². The first-order valence-electron chi connectivity index (χ1n) is 9.57. The van der Waals surface area contributed by atoms with E-state index < -0.39 is 0 Å². The Kier molecular flexibility index (Phi) is 4.59. The SMILES string of the molecule is Cc1ccc(NC(=O)N2CCC[C@@]3(CCC(=O)N(C4CC4)C3)C2)cc1Cl. The second-order valence-electron chi connectivity index (χ2n) is 8.17. The number of nitrogens with zero attached hydrogens (tertiary/aromatic N) is 2. The molecule has 2 aliphatic heterocycles.